The zero-order valence-corrected chi connectivity index (χ0v) is 12.9. The maximum atomic E-state index is 11.1. The van der Waals surface area contributed by atoms with Crippen LogP contribution in [-0.4, -0.2) is 20.5 Å². The molecule has 1 aromatic heterocycles. The van der Waals surface area contributed by atoms with E-state index in [9.17, 15) is 5.11 Å². The lowest BCUT2D eigenvalue weighted by Gasteiger charge is -2.46. The molecule has 20 heavy (non-hydrogen) atoms. The van der Waals surface area contributed by atoms with E-state index in [-0.39, 0.29) is 5.41 Å². The summed E-state index contributed by atoms with van der Waals surface area (Å²) in [6.07, 6.45) is 12.4. The van der Waals surface area contributed by atoms with Crippen LogP contribution >= 0.6 is 0 Å². The van der Waals surface area contributed by atoms with E-state index in [0.29, 0.717) is 12.5 Å². The normalized spacial score (nSPS) is 30.8. The van der Waals surface area contributed by atoms with Crippen molar-refractivity contribution in [2.75, 3.05) is 0 Å². The third kappa shape index (κ3) is 2.52. The molecule has 1 N–H and O–H groups in total. The van der Waals surface area contributed by atoms with Crippen molar-refractivity contribution in [3.8, 4) is 0 Å². The summed E-state index contributed by atoms with van der Waals surface area (Å²) in [5.41, 5.74) is 0.483. The van der Waals surface area contributed by atoms with Crippen LogP contribution in [0.3, 0.4) is 0 Å². The molecule has 0 aliphatic heterocycles. The van der Waals surface area contributed by atoms with Crippen molar-refractivity contribution in [2.45, 2.75) is 83.3 Å². The van der Waals surface area contributed by atoms with E-state index in [1.54, 1.807) is 0 Å². The van der Waals surface area contributed by atoms with Gasteiger partial charge in [-0.3, -0.25) is 4.68 Å². The quantitative estimate of drug-likeness (QED) is 0.910. The zero-order valence-electron chi connectivity index (χ0n) is 12.9. The van der Waals surface area contributed by atoms with Crippen LogP contribution in [0.15, 0.2) is 12.3 Å². The number of aromatic nitrogens is 2. The lowest BCUT2D eigenvalue weighted by atomic mass is 9.64. The van der Waals surface area contributed by atoms with Crippen molar-refractivity contribution < 1.29 is 5.11 Å². The standard InChI is InChI=1S/C17H28N2O/c1-16(2)10-5-6-11-17(16,20)13-14-9-12-19(18-14)15-7-3-4-8-15/h9,12,15,20H,3-8,10-11,13H2,1-2H3. The Hall–Kier alpha value is -0.830. The molecule has 0 saturated heterocycles. The topological polar surface area (TPSA) is 38.0 Å². The molecule has 0 radical (unpaired) electrons. The molecule has 2 saturated carbocycles. The summed E-state index contributed by atoms with van der Waals surface area (Å²) in [6, 6.07) is 2.71. The van der Waals surface area contributed by atoms with E-state index in [2.05, 4.69) is 30.8 Å². The highest BCUT2D eigenvalue weighted by molar-refractivity contribution is 5.09. The highest BCUT2D eigenvalue weighted by Crippen LogP contribution is 2.45. The van der Waals surface area contributed by atoms with E-state index in [4.69, 9.17) is 5.10 Å². The molecular formula is C17H28N2O. The van der Waals surface area contributed by atoms with Gasteiger partial charge in [0.2, 0.25) is 0 Å². The molecule has 3 heteroatoms. The van der Waals surface area contributed by atoms with Gasteiger partial charge in [-0.2, -0.15) is 5.10 Å². The third-order valence-corrected chi connectivity index (χ3v) is 5.74. The third-order valence-electron chi connectivity index (χ3n) is 5.74. The van der Waals surface area contributed by atoms with E-state index >= 15 is 0 Å². The minimum absolute atomic E-state index is 0.00237. The van der Waals surface area contributed by atoms with Gasteiger partial charge in [-0.15, -0.1) is 0 Å². The number of hydrogen-bond acceptors (Lipinski definition) is 2. The molecule has 2 fully saturated rings. The zero-order chi connectivity index (χ0) is 14.2. The second-order valence-corrected chi connectivity index (χ2v) is 7.52. The predicted molar refractivity (Wildman–Crippen MR) is 80.6 cm³/mol. The van der Waals surface area contributed by atoms with Crippen LogP contribution in [0.4, 0.5) is 0 Å². The molecule has 1 heterocycles. The van der Waals surface area contributed by atoms with Gasteiger partial charge in [-0.1, -0.05) is 39.5 Å². The molecule has 112 valence electrons. The SMILES string of the molecule is CC1(C)CCCCC1(O)Cc1ccn(C2CCCC2)n1. The summed E-state index contributed by atoms with van der Waals surface area (Å²) in [5, 5.41) is 15.8. The molecule has 0 aromatic carbocycles. The van der Waals surface area contributed by atoms with Crippen molar-refractivity contribution >= 4 is 0 Å². The Morgan fingerprint density at radius 3 is 2.60 bits per heavy atom. The van der Waals surface area contributed by atoms with E-state index < -0.39 is 5.60 Å². The summed E-state index contributed by atoms with van der Waals surface area (Å²) < 4.78 is 2.14. The van der Waals surface area contributed by atoms with Crippen LogP contribution in [-0.2, 0) is 6.42 Å². The Labute approximate surface area is 122 Å². The summed E-state index contributed by atoms with van der Waals surface area (Å²) >= 11 is 0. The van der Waals surface area contributed by atoms with Gasteiger partial charge >= 0.3 is 0 Å². The molecular weight excluding hydrogens is 248 g/mol. The summed E-state index contributed by atoms with van der Waals surface area (Å²) in [4.78, 5) is 0. The van der Waals surface area contributed by atoms with E-state index in [1.807, 2.05) is 0 Å². The van der Waals surface area contributed by atoms with Gasteiger partial charge in [0.1, 0.15) is 0 Å². The van der Waals surface area contributed by atoms with Crippen LogP contribution < -0.4 is 0 Å². The fraction of sp³-hybridized carbons (Fsp3) is 0.824. The van der Waals surface area contributed by atoms with Gasteiger partial charge in [0.05, 0.1) is 17.3 Å². The van der Waals surface area contributed by atoms with Crippen molar-refractivity contribution in [3.05, 3.63) is 18.0 Å². The smallest absolute Gasteiger partial charge is 0.0754 e. The van der Waals surface area contributed by atoms with Crippen LogP contribution in [0, 0.1) is 5.41 Å². The molecule has 1 atom stereocenters. The van der Waals surface area contributed by atoms with Gasteiger partial charge < -0.3 is 5.11 Å². The summed E-state index contributed by atoms with van der Waals surface area (Å²) in [5.74, 6) is 0. The minimum atomic E-state index is -0.583. The molecule has 0 spiro atoms. The summed E-state index contributed by atoms with van der Waals surface area (Å²) in [6.45, 7) is 4.42. The Balaban J connectivity index is 1.73. The molecule has 3 nitrogen and oxygen atoms in total. The Morgan fingerprint density at radius 2 is 1.90 bits per heavy atom. The highest BCUT2D eigenvalue weighted by Gasteiger charge is 2.45. The van der Waals surface area contributed by atoms with Crippen molar-refractivity contribution in [2.24, 2.45) is 5.41 Å². The number of aliphatic hydroxyl groups is 1. The molecule has 0 amide bonds. The first-order valence-corrected chi connectivity index (χ1v) is 8.27. The first kappa shape index (κ1) is 14.1. The van der Waals surface area contributed by atoms with E-state index in [1.165, 1.54) is 32.1 Å². The average Bonchev–Trinajstić information content (AvgIpc) is 3.03. The lowest BCUT2D eigenvalue weighted by Crippen LogP contribution is -2.48. The van der Waals surface area contributed by atoms with Crippen LogP contribution in [0.1, 0.15) is 76.9 Å². The molecule has 2 aliphatic rings. The molecule has 2 aliphatic carbocycles. The van der Waals surface area contributed by atoms with Gasteiger partial charge in [-0.05, 0) is 37.2 Å². The molecule has 1 unspecified atom stereocenters. The van der Waals surface area contributed by atoms with Crippen LogP contribution in [0.25, 0.3) is 0 Å². The largest absolute Gasteiger partial charge is 0.389 e. The van der Waals surface area contributed by atoms with Crippen LogP contribution in [0.5, 0.6) is 0 Å². The van der Waals surface area contributed by atoms with Crippen LogP contribution in [0.2, 0.25) is 0 Å². The molecule has 0 bridgehead atoms. The van der Waals surface area contributed by atoms with Crippen molar-refractivity contribution in [3.63, 3.8) is 0 Å². The maximum absolute atomic E-state index is 11.1. The minimum Gasteiger partial charge on any atom is -0.389 e. The van der Waals surface area contributed by atoms with Gasteiger partial charge in [-0.25, -0.2) is 0 Å². The second kappa shape index (κ2) is 5.18. The Morgan fingerprint density at radius 1 is 1.20 bits per heavy atom. The van der Waals surface area contributed by atoms with Crippen molar-refractivity contribution in [1.29, 1.82) is 0 Å². The monoisotopic (exact) mass is 276 g/mol. The average molecular weight is 276 g/mol. The first-order valence-electron chi connectivity index (χ1n) is 8.27. The van der Waals surface area contributed by atoms with Crippen molar-refractivity contribution in [1.82, 2.24) is 9.78 Å². The van der Waals surface area contributed by atoms with E-state index in [0.717, 1.165) is 25.0 Å². The molecule has 1 aromatic rings. The highest BCUT2D eigenvalue weighted by atomic mass is 16.3. The first-order chi connectivity index (χ1) is 9.50. The van der Waals surface area contributed by atoms with Gasteiger partial charge in [0.15, 0.2) is 0 Å². The second-order valence-electron chi connectivity index (χ2n) is 7.52. The maximum Gasteiger partial charge on any atom is 0.0754 e. The predicted octanol–water partition coefficient (Wildman–Crippen LogP) is 3.87. The lowest BCUT2D eigenvalue weighted by molar-refractivity contribution is -0.0965. The number of hydrogen-bond donors (Lipinski definition) is 1. The molecule has 3 rings (SSSR count). The fourth-order valence-electron chi connectivity index (χ4n) is 4.03. The number of rotatable bonds is 3. The Kier molecular flexibility index (Phi) is 3.65. The van der Waals surface area contributed by atoms with Gasteiger partial charge in [0.25, 0.3) is 0 Å². The summed E-state index contributed by atoms with van der Waals surface area (Å²) in [7, 11) is 0. The Bertz CT molecular complexity index is 459. The fourth-order valence-corrected chi connectivity index (χ4v) is 4.03. The van der Waals surface area contributed by atoms with Gasteiger partial charge in [0, 0.05) is 12.6 Å². The number of nitrogens with zero attached hydrogens (tertiary/aromatic N) is 2.